The fourth-order valence-electron chi connectivity index (χ4n) is 2.71. The lowest BCUT2D eigenvalue weighted by molar-refractivity contribution is 0.321. The Morgan fingerprint density at radius 2 is 1.91 bits per heavy atom. The molecule has 1 fully saturated rings. The standard InChI is InChI=1S/C16H25FN2O3S/c1-3-22-16-9-8-14(12-15(16)17)13(2)18-23(20,21)19-10-6-4-5-7-11-19/h8-9,12-13,18H,3-7,10-11H2,1-2H3/t13-/m0/s1. The summed E-state index contributed by atoms with van der Waals surface area (Å²) >= 11 is 0. The van der Waals surface area contributed by atoms with E-state index in [0.29, 0.717) is 25.3 Å². The Bertz CT molecular complexity index is 614. The van der Waals surface area contributed by atoms with Crippen LogP contribution in [0.2, 0.25) is 0 Å². The topological polar surface area (TPSA) is 58.6 Å². The summed E-state index contributed by atoms with van der Waals surface area (Å²) in [5.74, 6) is -0.302. The highest BCUT2D eigenvalue weighted by Gasteiger charge is 2.25. The van der Waals surface area contributed by atoms with Gasteiger partial charge in [0.05, 0.1) is 6.61 Å². The molecule has 23 heavy (non-hydrogen) atoms. The lowest BCUT2D eigenvalue weighted by Crippen LogP contribution is -2.42. The predicted molar refractivity (Wildman–Crippen MR) is 88.1 cm³/mol. The third-order valence-electron chi connectivity index (χ3n) is 3.99. The van der Waals surface area contributed by atoms with Crippen LogP contribution in [-0.4, -0.2) is 32.4 Å². The van der Waals surface area contributed by atoms with Crippen molar-refractivity contribution in [1.29, 1.82) is 0 Å². The van der Waals surface area contributed by atoms with Crippen molar-refractivity contribution in [2.75, 3.05) is 19.7 Å². The van der Waals surface area contributed by atoms with Crippen molar-refractivity contribution < 1.29 is 17.5 Å². The highest BCUT2D eigenvalue weighted by Crippen LogP contribution is 2.23. The average molecular weight is 344 g/mol. The molecule has 0 aliphatic carbocycles. The molecule has 2 rings (SSSR count). The molecule has 1 aliphatic rings. The van der Waals surface area contributed by atoms with Crippen LogP contribution < -0.4 is 9.46 Å². The zero-order valence-electron chi connectivity index (χ0n) is 13.7. The summed E-state index contributed by atoms with van der Waals surface area (Å²) in [7, 11) is -3.56. The van der Waals surface area contributed by atoms with E-state index in [2.05, 4.69) is 4.72 Å². The van der Waals surface area contributed by atoms with E-state index in [1.54, 1.807) is 19.9 Å². The summed E-state index contributed by atoms with van der Waals surface area (Å²) in [4.78, 5) is 0. The van der Waals surface area contributed by atoms with Gasteiger partial charge in [-0.2, -0.15) is 17.4 Å². The molecule has 1 heterocycles. The number of hydrogen-bond acceptors (Lipinski definition) is 3. The van der Waals surface area contributed by atoms with Gasteiger partial charge in [-0.25, -0.2) is 4.39 Å². The molecular formula is C16H25FN2O3S. The van der Waals surface area contributed by atoms with Crippen LogP contribution in [0, 0.1) is 5.82 Å². The molecule has 1 saturated heterocycles. The molecule has 0 saturated carbocycles. The van der Waals surface area contributed by atoms with Crippen LogP contribution in [0.4, 0.5) is 4.39 Å². The molecular weight excluding hydrogens is 319 g/mol. The maximum absolute atomic E-state index is 13.9. The van der Waals surface area contributed by atoms with Gasteiger partial charge in [0.1, 0.15) is 0 Å². The summed E-state index contributed by atoms with van der Waals surface area (Å²) in [6.07, 6.45) is 3.89. The summed E-state index contributed by atoms with van der Waals surface area (Å²) in [6.45, 7) is 4.96. The maximum Gasteiger partial charge on any atom is 0.279 e. The Labute approximate surface area is 138 Å². The highest BCUT2D eigenvalue weighted by molar-refractivity contribution is 7.87. The van der Waals surface area contributed by atoms with E-state index in [1.807, 2.05) is 0 Å². The Balaban J connectivity index is 2.08. The van der Waals surface area contributed by atoms with Gasteiger partial charge < -0.3 is 4.74 Å². The van der Waals surface area contributed by atoms with E-state index in [1.165, 1.54) is 16.4 Å². The van der Waals surface area contributed by atoms with Crippen molar-refractivity contribution >= 4 is 10.2 Å². The van der Waals surface area contributed by atoms with Crippen LogP contribution in [0.25, 0.3) is 0 Å². The first kappa shape index (κ1) is 18.2. The number of ether oxygens (including phenoxy) is 1. The van der Waals surface area contributed by atoms with Gasteiger partial charge in [0.2, 0.25) is 0 Å². The highest BCUT2D eigenvalue weighted by atomic mass is 32.2. The molecule has 1 aromatic rings. The molecule has 1 aromatic carbocycles. The van der Waals surface area contributed by atoms with Crippen LogP contribution in [0.5, 0.6) is 5.75 Å². The van der Waals surface area contributed by atoms with Gasteiger partial charge in [-0.05, 0) is 44.4 Å². The van der Waals surface area contributed by atoms with Crippen molar-refractivity contribution in [3.05, 3.63) is 29.6 Å². The largest absolute Gasteiger partial charge is 0.491 e. The van der Waals surface area contributed by atoms with E-state index < -0.39 is 22.1 Å². The molecule has 130 valence electrons. The second-order valence-electron chi connectivity index (χ2n) is 5.78. The predicted octanol–water partition coefficient (Wildman–Crippen LogP) is 3.00. The molecule has 0 radical (unpaired) electrons. The fourth-order valence-corrected chi connectivity index (χ4v) is 4.18. The first-order chi connectivity index (χ1) is 10.9. The van der Waals surface area contributed by atoms with E-state index >= 15 is 0 Å². The molecule has 1 aliphatic heterocycles. The van der Waals surface area contributed by atoms with Crippen LogP contribution in [0.15, 0.2) is 18.2 Å². The zero-order valence-corrected chi connectivity index (χ0v) is 14.5. The fraction of sp³-hybridized carbons (Fsp3) is 0.625. The maximum atomic E-state index is 13.9. The summed E-state index contributed by atoms with van der Waals surface area (Å²) in [5.41, 5.74) is 0.573. The van der Waals surface area contributed by atoms with Crippen molar-refractivity contribution in [2.45, 2.75) is 45.6 Å². The Kier molecular flexibility index (Phi) is 6.38. The number of halogens is 1. The van der Waals surface area contributed by atoms with Gasteiger partial charge in [0, 0.05) is 19.1 Å². The molecule has 5 nitrogen and oxygen atoms in total. The quantitative estimate of drug-likeness (QED) is 0.863. The van der Waals surface area contributed by atoms with Gasteiger partial charge in [0.15, 0.2) is 11.6 Å². The molecule has 0 amide bonds. The molecule has 1 N–H and O–H groups in total. The Morgan fingerprint density at radius 1 is 1.26 bits per heavy atom. The first-order valence-electron chi connectivity index (χ1n) is 8.13. The molecule has 1 atom stereocenters. The minimum atomic E-state index is -3.56. The molecule has 0 spiro atoms. The minimum Gasteiger partial charge on any atom is -0.491 e. The van der Waals surface area contributed by atoms with Gasteiger partial charge in [-0.15, -0.1) is 0 Å². The van der Waals surface area contributed by atoms with Crippen molar-refractivity contribution in [1.82, 2.24) is 9.03 Å². The number of benzene rings is 1. The third kappa shape index (κ3) is 4.89. The lowest BCUT2D eigenvalue weighted by Gasteiger charge is -2.23. The van der Waals surface area contributed by atoms with Gasteiger partial charge in [-0.1, -0.05) is 18.9 Å². The number of nitrogens with one attached hydrogen (secondary N) is 1. The van der Waals surface area contributed by atoms with Crippen LogP contribution in [0.1, 0.15) is 51.1 Å². The molecule has 0 aromatic heterocycles. The number of hydrogen-bond donors (Lipinski definition) is 1. The van der Waals surface area contributed by atoms with E-state index in [0.717, 1.165) is 25.7 Å². The monoisotopic (exact) mass is 344 g/mol. The normalized spacial score (nSPS) is 18.4. The zero-order chi connectivity index (χ0) is 16.9. The third-order valence-corrected chi connectivity index (χ3v) is 5.68. The van der Waals surface area contributed by atoms with E-state index in [-0.39, 0.29) is 5.75 Å². The summed E-state index contributed by atoms with van der Waals surface area (Å²) in [6, 6.07) is 4.03. The SMILES string of the molecule is CCOc1ccc([C@H](C)NS(=O)(=O)N2CCCCCC2)cc1F. The summed E-state index contributed by atoms with van der Waals surface area (Å²) < 4.78 is 48.2. The van der Waals surface area contributed by atoms with Crippen LogP contribution in [0.3, 0.4) is 0 Å². The minimum absolute atomic E-state index is 0.179. The second-order valence-corrected chi connectivity index (χ2v) is 7.48. The number of nitrogens with zero attached hydrogens (tertiary/aromatic N) is 1. The van der Waals surface area contributed by atoms with Gasteiger partial charge in [-0.3, -0.25) is 0 Å². The van der Waals surface area contributed by atoms with Gasteiger partial charge >= 0.3 is 0 Å². The number of rotatable bonds is 6. The molecule has 0 unspecified atom stereocenters. The summed E-state index contributed by atoms with van der Waals surface area (Å²) in [5, 5.41) is 0. The Hall–Kier alpha value is -1.18. The van der Waals surface area contributed by atoms with Crippen molar-refractivity contribution in [2.24, 2.45) is 0 Å². The molecule has 7 heteroatoms. The van der Waals surface area contributed by atoms with Crippen LogP contribution >= 0.6 is 0 Å². The Morgan fingerprint density at radius 3 is 2.48 bits per heavy atom. The first-order valence-corrected chi connectivity index (χ1v) is 9.57. The van der Waals surface area contributed by atoms with E-state index in [9.17, 15) is 12.8 Å². The average Bonchev–Trinajstić information content (AvgIpc) is 2.78. The van der Waals surface area contributed by atoms with Crippen molar-refractivity contribution in [3.63, 3.8) is 0 Å². The van der Waals surface area contributed by atoms with Crippen molar-refractivity contribution in [3.8, 4) is 5.75 Å². The lowest BCUT2D eigenvalue weighted by atomic mass is 10.1. The second kappa shape index (κ2) is 8.08. The van der Waals surface area contributed by atoms with Gasteiger partial charge in [0.25, 0.3) is 10.2 Å². The van der Waals surface area contributed by atoms with Crippen LogP contribution in [-0.2, 0) is 10.2 Å². The smallest absolute Gasteiger partial charge is 0.279 e. The molecule has 0 bridgehead atoms. The van der Waals surface area contributed by atoms with E-state index in [4.69, 9.17) is 4.74 Å².